The zero-order valence-corrected chi connectivity index (χ0v) is 13.1. The number of hydrogen-bond donors (Lipinski definition) is 0. The minimum Gasteiger partial charge on any atom is -0.0651 e. The van der Waals surface area contributed by atoms with E-state index in [0.29, 0.717) is 0 Å². The zero-order chi connectivity index (χ0) is 12.2. The van der Waals surface area contributed by atoms with Gasteiger partial charge in [0.25, 0.3) is 0 Å². The third-order valence-corrected chi connectivity index (χ3v) is 10.9. The first-order valence-electron chi connectivity index (χ1n) is 6.59. The van der Waals surface area contributed by atoms with E-state index in [1.807, 2.05) is 0 Å². The molecule has 0 aliphatic rings. The van der Waals surface area contributed by atoms with Gasteiger partial charge in [0.15, 0.2) is 0 Å². The molecule has 91 valence electrons. The standard InChI is InChI=1S/C14H31Si/c1-11(2)9-10-15(12(3)4,13(5)6)14(7)8/h10-14H,9H2,1-8H3. The normalized spacial score (nSPS) is 13.6. The Bertz CT molecular complexity index is 146. The van der Waals surface area contributed by atoms with Crippen molar-refractivity contribution in [1.29, 1.82) is 0 Å². The first kappa shape index (κ1) is 15.2. The quantitative estimate of drug-likeness (QED) is 0.529. The molecule has 15 heavy (non-hydrogen) atoms. The monoisotopic (exact) mass is 227 g/mol. The smallest absolute Gasteiger partial charge is 0.0643 e. The molecule has 0 saturated carbocycles. The molecule has 0 aromatic carbocycles. The summed E-state index contributed by atoms with van der Waals surface area (Å²) in [5.74, 6) is 0.813. The summed E-state index contributed by atoms with van der Waals surface area (Å²) in [6.45, 7) is 19.3. The Morgan fingerprint density at radius 2 is 1.07 bits per heavy atom. The van der Waals surface area contributed by atoms with Gasteiger partial charge in [-0.25, -0.2) is 0 Å². The van der Waals surface area contributed by atoms with Crippen LogP contribution in [0.2, 0.25) is 16.6 Å². The minimum atomic E-state index is -1.22. The van der Waals surface area contributed by atoms with Gasteiger partial charge in [-0.1, -0.05) is 78.4 Å². The summed E-state index contributed by atoms with van der Waals surface area (Å²) in [6.07, 6.45) is 1.31. The highest BCUT2D eigenvalue weighted by Gasteiger charge is 2.41. The second-order valence-corrected chi connectivity index (χ2v) is 12.2. The van der Waals surface area contributed by atoms with Crippen LogP contribution in [0.1, 0.15) is 61.8 Å². The second kappa shape index (κ2) is 6.08. The van der Waals surface area contributed by atoms with Gasteiger partial charge in [-0.3, -0.25) is 0 Å². The van der Waals surface area contributed by atoms with E-state index in [0.717, 1.165) is 22.5 Å². The molecule has 0 rings (SSSR count). The average Bonchev–Trinajstić information content (AvgIpc) is 2.02. The first-order chi connectivity index (χ1) is 6.75. The fourth-order valence-corrected chi connectivity index (χ4v) is 9.44. The van der Waals surface area contributed by atoms with Crippen molar-refractivity contribution in [1.82, 2.24) is 0 Å². The van der Waals surface area contributed by atoms with Crippen molar-refractivity contribution >= 4 is 8.07 Å². The van der Waals surface area contributed by atoms with E-state index in [1.165, 1.54) is 6.42 Å². The lowest BCUT2D eigenvalue weighted by Gasteiger charge is -2.43. The summed E-state index contributed by atoms with van der Waals surface area (Å²) in [7, 11) is -1.22. The zero-order valence-electron chi connectivity index (χ0n) is 12.1. The van der Waals surface area contributed by atoms with E-state index in [9.17, 15) is 0 Å². The van der Waals surface area contributed by atoms with Gasteiger partial charge in [0.2, 0.25) is 0 Å². The fourth-order valence-electron chi connectivity index (χ4n) is 3.15. The van der Waals surface area contributed by atoms with Gasteiger partial charge in [-0.15, -0.1) is 0 Å². The fraction of sp³-hybridized carbons (Fsp3) is 0.929. The number of rotatable bonds is 6. The van der Waals surface area contributed by atoms with Crippen molar-refractivity contribution in [2.45, 2.75) is 78.4 Å². The van der Waals surface area contributed by atoms with E-state index in [-0.39, 0.29) is 0 Å². The Kier molecular flexibility index (Phi) is 6.16. The SMILES string of the molecule is CC(C)C[CH][Si](C(C)C)(C(C)C)C(C)C. The van der Waals surface area contributed by atoms with Gasteiger partial charge in [-0.05, 0) is 12.0 Å². The van der Waals surface area contributed by atoms with E-state index in [1.54, 1.807) is 0 Å². The van der Waals surface area contributed by atoms with Crippen LogP contribution in [0, 0.1) is 12.0 Å². The van der Waals surface area contributed by atoms with Crippen LogP contribution < -0.4 is 0 Å². The van der Waals surface area contributed by atoms with Gasteiger partial charge in [0.05, 0.1) is 8.07 Å². The molecule has 0 nitrogen and oxygen atoms in total. The molecule has 0 N–H and O–H groups in total. The predicted molar refractivity (Wildman–Crippen MR) is 74.8 cm³/mol. The highest BCUT2D eigenvalue weighted by Crippen LogP contribution is 2.44. The lowest BCUT2D eigenvalue weighted by Crippen LogP contribution is -2.45. The summed E-state index contributed by atoms with van der Waals surface area (Å²) in [5, 5.41) is 0. The van der Waals surface area contributed by atoms with Crippen LogP contribution in [0.3, 0.4) is 0 Å². The molecule has 0 fully saturated rings. The van der Waals surface area contributed by atoms with E-state index in [2.05, 4.69) is 61.4 Å². The van der Waals surface area contributed by atoms with Crippen LogP contribution in [-0.4, -0.2) is 8.07 Å². The van der Waals surface area contributed by atoms with Crippen LogP contribution in [0.4, 0.5) is 0 Å². The Labute approximate surface area is 98.9 Å². The molecule has 1 radical (unpaired) electrons. The second-order valence-electron chi connectivity index (χ2n) is 6.30. The molecule has 0 aromatic heterocycles. The van der Waals surface area contributed by atoms with Gasteiger partial charge >= 0.3 is 0 Å². The first-order valence-corrected chi connectivity index (χ1v) is 8.90. The molecule has 0 aromatic rings. The lowest BCUT2D eigenvalue weighted by molar-refractivity contribution is 0.641. The van der Waals surface area contributed by atoms with Crippen LogP contribution in [0.5, 0.6) is 0 Å². The van der Waals surface area contributed by atoms with E-state index < -0.39 is 8.07 Å². The lowest BCUT2D eigenvalue weighted by atomic mass is 10.2. The Morgan fingerprint density at radius 1 is 0.733 bits per heavy atom. The highest BCUT2D eigenvalue weighted by molar-refractivity contribution is 6.86. The van der Waals surface area contributed by atoms with Crippen LogP contribution in [-0.2, 0) is 0 Å². The summed E-state index contributed by atoms with van der Waals surface area (Å²) >= 11 is 0. The molecule has 0 aliphatic carbocycles. The molecule has 1 heteroatoms. The van der Waals surface area contributed by atoms with Crippen molar-refractivity contribution in [2.24, 2.45) is 5.92 Å². The summed E-state index contributed by atoms with van der Waals surface area (Å²) < 4.78 is 0. The largest absolute Gasteiger partial charge is 0.0651 e. The third-order valence-electron chi connectivity index (χ3n) is 3.94. The average molecular weight is 227 g/mol. The number of hydrogen-bond acceptors (Lipinski definition) is 0. The maximum absolute atomic E-state index is 2.75. The molecule has 0 amide bonds. The summed E-state index contributed by atoms with van der Waals surface area (Å²) in [4.78, 5) is 0. The summed E-state index contributed by atoms with van der Waals surface area (Å²) in [6, 6.07) is 2.75. The molecule has 0 spiro atoms. The highest BCUT2D eigenvalue weighted by atomic mass is 28.3. The molecule has 0 bridgehead atoms. The van der Waals surface area contributed by atoms with Crippen LogP contribution in [0.25, 0.3) is 0 Å². The Hall–Kier alpha value is 0.217. The maximum Gasteiger partial charge on any atom is 0.0643 e. The Morgan fingerprint density at radius 3 is 1.27 bits per heavy atom. The van der Waals surface area contributed by atoms with Gasteiger partial charge in [-0.2, -0.15) is 0 Å². The summed E-state index contributed by atoms with van der Waals surface area (Å²) in [5.41, 5.74) is 2.61. The molecule has 0 aliphatic heterocycles. The van der Waals surface area contributed by atoms with Crippen molar-refractivity contribution in [3.05, 3.63) is 6.04 Å². The molecule has 0 unspecified atom stereocenters. The van der Waals surface area contributed by atoms with Crippen molar-refractivity contribution in [3.63, 3.8) is 0 Å². The van der Waals surface area contributed by atoms with Crippen LogP contribution >= 0.6 is 0 Å². The molecule has 0 atom stereocenters. The van der Waals surface area contributed by atoms with E-state index in [4.69, 9.17) is 0 Å². The van der Waals surface area contributed by atoms with Gasteiger partial charge in [0, 0.05) is 0 Å². The molecule has 0 saturated heterocycles. The topological polar surface area (TPSA) is 0 Å². The van der Waals surface area contributed by atoms with E-state index >= 15 is 0 Å². The third kappa shape index (κ3) is 3.62. The molecular weight excluding hydrogens is 196 g/mol. The Balaban J connectivity index is 4.80. The minimum absolute atomic E-state index is 0.813. The predicted octanol–water partition coefficient (Wildman–Crippen LogP) is 5.45. The van der Waals surface area contributed by atoms with Crippen LogP contribution in [0.15, 0.2) is 0 Å². The maximum atomic E-state index is 2.75. The molecular formula is C14H31Si. The van der Waals surface area contributed by atoms with Gasteiger partial charge in [0.1, 0.15) is 0 Å². The van der Waals surface area contributed by atoms with Gasteiger partial charge < -0.3 is 0 Å². The van der Waals surface area contributed by atoms with Crippen molar-refractivity contribution in [2.75, 3.05) is 0 Å². The van der Waals surface area contributed by atoms with Crippen molar-refractivity contribution < 1.29 is 0 Å². The molecule has 0 heterocycles. The van der Waals surface area contributed by atoms with Crippen molar-refractivity contribution in [3.8, 4) is 0 Å².